The van der Waals surface area contributed by atoms with E-state index in [1.54, 1.807) is 0 Å². The molecule has 1 heteroatoms. The molecule has 1 aliphatic carbocycles. The third-order valence-electron chi connectivity index (χ3n) is 4.05. The van der Waals surface area contributed by atoms with Crippen LogP contribution in [0.1, 0.15) is 34.3 Å². The van der Waals surface area contributed by atoms with E-state index >= 15 is 0 Å². The Labute approximate surface area is 114 Å². The quantitative estimate of drug-likeness (QED) is 0.763. The summed E-state index contributed by atoms with van der Waals surface area (Å²) in [7, 11) is 0. The molecule has 1 nitrogen and oxygen atoms in total. The molecule has 19 heavy (non-hydrogen) atoms. The maximum absolute atomic E-state index is 10.7. The van der Waals surface area contributed by atoms with E-state index in [4.69, 9.17) is 0 Å². The van der Waals surface area contributed by atoms with Gasteiger partial charge in [-0.05, 0) is 35.1 Å². The number of aryl methyl sites for hydroxylation is 2. The van der Waals surface area contributed by atoms with Gasteiger partial charge in [-0.3, -0.25) is 0 Å². The van der Waals surface area contributed by atoms with Gasteiger partial charge in [-0.25, -0.2) is 0 Å². The molecule has 96 valence electrons. The summed E-state index contributed by atoms with van der Waals surface area (Å²) >= 11 is 0. The topological polar surface area (TPSA) is 20.2 Å². The van der Waals surface area contributed by atoms with Crippen molar-refractivity contribution in [3.63, 3.8) is 0 Å². The first-order chi connectivity index (χ1) is 9.31. The van der Waals surface area contributed by atoms with Crippen molar-refractivity contribution >= 4 is 0 Å². The lowest BCUT2D eigenvalue weighted by atomic mass is 9.80. The Bertz CT molecular complexity index is 600. The molecule has 2 aromatic carbocycles. The molecule has 0 aromatic heterocycles. The molecule has 3 rings (SSSR count). The fourth-order valence-corrected chi connectivity index (χ4v) is 3.03. The first-order valence-electron chi connectivity index (χ1n) is 6.77. The summed E-state index contributed by atoms with van der Waals surface area (Å²) in [5.41, 5.74) is 4.82. The number of benzene rings is 2. The molecular formula is C18H18O. The fraction of sp³-hybridized carbons (Fsp3) is 0.222. The van der Waals surface area contributed by atoms with Crippen molar-refractivity contribution in [2.24, 2.45) is 0 Å². The second-order valence-electron chi connectivity index (χ2n) is 5.10. The van der Waals surface area contributed by atoms with Crippen molar-refractivity contribution in [2.45, 2.75) is 24.9 Å². The van der Waals surface area contributed by atoms with E-state index in [0.29, 0.717) is 0 Å². The minimum atomic E-state index is -0.504. The molecule has 2 aromatic rings. The summed E-state index contributed by atoms with van der Waals surface area (Å²) in [5.74, 6) is -0.0300. The minimum Gasteiger partial charge on any atom is -0.387 e. The Kier molecular flexibility index (Phi) is 3.22. The van der Waals surface area contributed by atoms with Gasteiger partial charge in [-0.1, -0.05) is 54.6 Å². The molecule has 0 amide bonds. The van der Waals surface area contributed by atoms with Crippen LogP contribution >= 0.6 is 0 Å². The van der Waals surface area contributed by atoms with E-state index in [-0.39, 0.29) is 5.92 Å². The number of hydrogen-bond donors (Lipinski definition) is 1. The van der Waals surface area contributed by atoms with E-state index in [2.05, 4.69) is 30.8 Å². The first-order valence-corrected chi connectivity index (χ1v) is 6.77. The summed E-state index contributed by atoms with van der Waals surface area (Å²) in [6.07, 6.45) is 3.36. The highest BCUT2D eigenvalue weighted by Crippen LogP contribution is 2.37. The molecule has 2 atom stereocenters. The maximum Gasteiger partial charge on any atom is 0.0895 e. The van der Waals surface area contributed by atoms with Crippen LogP contribution in [0.5, 0.6) is 0 Å². The Morgan fingerprint density at radius 3 is 2.05 bits per heavy atom. The summed E-state index contributed by atoms with van der Waals surface area (Å²) in [6, 6.07) is 16.6. The molecule has 0 fully saturated rings. The zero-order valence-electron chi connectivity index (χ0n) is 10.9. The highest BCUT2D eigenvalue weighted by molar-refractivity contribution is 5.41. The van der Waals surface area contributed by atoms with Crippen LogP contribution in [0, 0.1) is 0 Å². The van der Waals surface area contributed by atoms with E-state index in [9.17, 15) is 5.11 Å². The van der Waals surface area contributed by atoms with Crippen LogP contribution in [0.15, 0.2) is 61.2 Å². The molecule has 0 aliphatic heterocycles. The van der Waals surface area contributed by atoms with Crippen LogP contribution in [-0.4, -0.2) is 5.11 Å². The highest BCUT2D eigenvalue weighted by Gasteiger charge is 2.25. The van der Waals surface area contributed by atoms with Gasteiger partial charge in [0.1, 0.15) is 0 Å². The number of fused-ring (bicyclic) bond motifs is 2. The van der Waals surface area contributed by atoms with Crippen LogP contribution in [0.25, 0.3) is 0 Å². The third-order valence-corrected chi connectivity index (χ3v) is 4.05. The molecule has 0 spiro atoms. The average molecular weight is 250 g/mol. The van der Waals surface area contributed by atoms with Gasteiger partial charge in [0.25, 0.3) is 0 Å². The molecule has 0 heterocycles. The van der Waals surface area contributed by atoms with Crippen molar-refractivity contribution in [1.82, 2.24) is 0 Å². The first kappa shape index (κ1) is 12.2. The second-order valence-corrected chi connectivity index (χ2v) is 5.10. The molecule has 0 saturated heterocycles. The van der Waals surface area contributed by atoms with Crippen LogP contribution in [0.3, 0.4) is 0 Å². The maximum atomic E-state index is 10.7. The van der Waals surface area contributed by atoms with E-state index in [1.165, 1.54) is 16.7 Å². The lowest BCUT2D eigenvalue weighted by Crippen LogP contribution is -2.16. The molecule has 0 saturated carbocycles. The largest absolute Gasteiger partial charge is 0.387 e. The summed E-state index contributed by atoms with van der Waals surface area (Å²) in [6.45, 7) is 3.92. The van der Waals surface area contributed by atoms with Crippen molar-refractivity contribution < 1.29 is 5.11 Å². The minimum absolute atomic E-state index is 0.0300. The lowest BCUT2D eigenvalue weighted by Gasteiger charge is -2.27. The summed E-state index contributed by atoms with van der Waals surface area (Å²) in [5, 5.41) is 10.7. The Morgan fingerprint density at radius 2 is 1.42 bits per heavy atom. The van der Waals surface area contributed by atoms with Gasteiger partial charge in [-0.15, -0.1) is 6.58 Å². The monoisotopic (exact) mass is 250 g/mol. The van der Waals surface area contributed by atoms with Crippen molar-refractivity contribution in [1.29, 1.82) is 0 Å². The van der Waals surface area contributed by atoms with E-state index in [1.807, 2.05) is 30.3 Å². The Morgan fingerprint density at radius 1 is 0.895 bits per heavy atom. The van der Waals surface area contributed by atoms with Crippen molar-refractivity contribution in [3.05, 3.63) is 83.4 Å². The van der Waals surface area contributed by atoms with Crippen LogP contribution in [0.4, 0.5) is 0 Å². The SMILES string of the molecule is C=CC1c2ccccc2CCc2ccccc2C1O. The second kappa shape index (κ2) is 5.02. The predicted molar refractivity (Wildman–Crippen MR) is 78.2 cm³/mol. The third kappa shape index (κ3) is 2.11. The molecular weight excluding hydrogens is 232 g/mol. The highest BCUT2D eigenvalue weighted by atomic mass is 16.3. The molecule has 1 aliphatic rings. The van der Waals surface area contributed by atoms with Crippen LogP contribution < -0.4 is 0 Å². The van der Waals surface area contributed by atoms with Gasteiger partial charge in [-0.2, -0.15) is 0 Å². The molecule has 0 bridgehead atoms. The van der Waals surface area contributed by atoms with E-state index in [0.717, 1.165) is 18.4 Å². The fourth-order valence-electron chi connectivity index (χ4n) is 3.03. The van der Waals surface area contributed by atoms with Gasteiger partial charge in [0.15, 0.2) is 0 Å². The standard InChI is InChI=1S/C18H18O/c1-2-15-16-9-5-3-7-13(16)11-12-14-8-4-6-10-17(14)18(15)19/h2-10,15,18-19H,1,11-12H2. The Balaban J connectivity index is 2.14. The van der Waals surface area contributed by atoms with E-state index < -0.39 is 6.10 Å². The predicted octanol–water partition coefficient (Wildman–Crippen LogP) is 3.79. The van der Waals surface area contributed by atoms with Crippen molar-refractivity contribution in [2.75, 3.05) is 0 Å². The van der Waals surface area contributed by atoms with Gasteiger partial charge in [0, 0.05) is 5.92 Å². The smallest absolute Gasteiger partial charge is 0.0895 e. The number of hydrogen-bond acceptors (Lipinski definition) is 1. The summed E-state index contributed by atoms with van der Waals surface area (Å²) < 4.78 is 0. The van der Waals surface area contributed by atoms with Crippen LogP contribution in [-0.2, 0) is 12.8 Å². The van der Waals surface area contributed by atoms with Crippen LogP contribution in [0.2, 0.25) is 0 Å². The zero-order chi connectivity index (χ0) is 13.2. The lowest BCUT2D eigenvalue weighted by molar-refractivity contribution is 0.159. The average Bonchev–Trinajstić information content (AvgIpc) is 2.46. The normalized spacial score (nSPS) is 21.7. The number of rotatable bonds is 1. The number of aliphatic hydroxyl groups is 1. The van der Waals surface area contributed by atoms with Gasteiger partial charge < -0.3 is 5.11 Å². The summed E-state index contributed by atoms with van der Waals surface area (Å²) in [4.78, 5) is 0. The van der Waals surface area contributed by atoms with Gasteiger partial charge in [0.05, 0.1) is 6.10 Å². The van der Waals surface area contributed by atoms with Crippen molar-refractivity contribution in [3.8, 4) is 0 Å². The molecule has 0 radical (unpaired) electrons. The molecule has 1 N–H and O–H groups in total. The number of aliphatic hydroxyl groups excluding tert-OH is 1. The van der Waals surface area contributed by atoms with Gasteiger partial charge in [0.2, 0.25) is 0 Å². The molecule has 2 unspecified atom stereocenters. The zero-order valence-corrected chi connectivity index (χ0v) is 10.9. The Hall–Kier alpha value is -1.86. The van der Waals surface area contributed by atoms with Gasteiger partial charge >= 0.3 is 0 Å².